The third-order valence-electron chi connectivity index (χ3n) is 3.09. The van der Waals surface area contributed by atoms with Gasteiger partial charge >= 0.3 is 0 Å². The normalized spacial score (nSPS) is 12.2. The first-order chi connectivity index (χ1) is 10.1. The lowest BCUT2D eigenvalue weighted by atomic mass is 10.2. The van der Waals surface area contributed by atoms with Crippen molar-refractivity contribution < 1.29 is 9.47 Å². The number of thiazole rings is 1. The summed E-state index contributed by atoms with van der Waals surface area (Å²) < 4.78 is 10.9. The number of rotatable bonds is 7. The monoisotopic (exact) mass is 306 g/mol. The van der Waals surface area contributed by atoms with Gasteiger partial charge in [-0.1, -0.05) is 13.3 Å². The highest BCUT2D eigenvalue weighted by Crippen LogP contribution is 2.26. The van der Waals surface area contributed by atoms with Crippen molar-refractivity contribution in [3.8, 4) is 11.5 Å². The summed E-state index contributed by atoms with van der Waals surface area (Å²) in [6.07, 6.45) is 2.04. The van der Waals surface area contributed by atoms with Crippen LogP contribution < -0.4 is 15.2 Å². The highest BCUT2D eigenvalue weighted by Gasteiger charge is 2.14. The van der Waals surface area contributed by atoms with Gasteiger partial charge in [-0.2, -0.15) is 0 Å². The largest absolute Gasteiger partial charge is 0.497 e. The SMILES string of the molecule is CCCc1nc(COc2ccc(OC)cc2)sc1C(C)N. The van der Waals surface area contributed by atoms with Gasteiger partial charge in [-0.25, -0.2) is 4.98 Å². The zero-order valence-electron chi connectivity index (χ0n) is 12.8. The molecule has 0 aliphatic rings. The zero-order chi connectivity index (χ0) is 15.2. The van der Waals surface area contributed by atoms with Crippen LogP contribution in [0.5, 0.6) is 11.5 Å². The van der Waals surface area contributed by atoms with E-state index in [4.69, 9.17) is 15.2 Å². The van der Waals surface area contributed by atoms with E-state index in [0.29, 0.717) is 6.61 Å². The van der Waals surface area contributed by atoms with Gasteiger partial charge in [-0.05, 0) is 37.6 Å². The molecule has 1 aromatic heterocycles. The van der Waals surface area contributed by atoms with Crippen molar-refractivity contribution in [2.24, 2.45) is 5.73 Å². The number of nitrogens with two attached hydrogens (primary N) is 1. The van der Waals surface area contributed by atoms with Gasteiger partial charge in [0, 0.05) is 10.9 Å². The van der Waals surface area contributed by atoms with Crippen LogP contribution in [0.3, 0.4) is 0 Å². The van der Waals surface area contributed by atoms with Crippen LogP contribution in [0.4, 0.5) is 0 Å². The molecular weight excluding hydrogens is 284 g/mol. The fourth-order valence-electron chi connectivity index (χ4n) is 2.06. The molecule has 2 rings (SSSR count). The number of aromatic nitrogens is 1. The second kappa shape index (κ2) is 7.43. The summed E-state index contributed by atoms with van der Waals surface area (Å²) in [7, 11) is 1.65. The van der Waals surface area contributed by atoms with Crippen molar-refractivity contribution in [1.82, 2.24) is 4.98 Å². The molecule has 0 aliphatic heterocycles. The minimum absolute atomic E-state index is 0.0267. The number of hydrogen-bond acceptors (Lipinski definition) is 5. The maximum Gasteiger partial charge on any atom is 0.140 e. The molecule has 0 aliphatic carbocycles. The molecular formula is C16H22N2O2S. The maximum atomic E-state index is 6.01. The molecule has 1 atom stereocenters. The molecule has 2 N–H and O–H groups in total. The van der Waals surface area contributed by atoms with E-state index in [9.17, 15) is 0 Å². The molecule has 114 valence electrons. The van der Waals surface area contributed by atoms with Gasteiger partial charge < -0.3 is 15.2 Å². The standard InChI is InChI=1S/C16H22N2O2S/c1-4-5-14-16(11(2)17)21-15(18-14)10-20-13-8-6-12(19-3)7-9-13/h6-9,11H,4-5,10,17H2,1-3H3. The Hall–Kier alpha value is -1.59. The summed E-state index contributed by atoms with van der Waals surface area (Å²) >= 11 is 1.65. The minimum atomic E-state index is 0.0267. The van der Waals surface area contributed by atoms with E-state index in [0.717, 1.165) is 35.0 Å². The molecule has 4 nitrogen and oxygen atoms in total. The van der Waals surface area contributed by atoms with Crippen molar-refractivity contribution in [3.05, 3.63) is 39.8 Å². The van der Waals surface area contributed by atoms with Gasteiger partial charge in [0.1, 0.15) is 23.1 Å². The number of hydrogen-bond donors (Lipinski definition) is 1. The maximum absolute atomic E-state index is 6.01. The molecule has 21 heavy (non-hydrogen) atoms. The first kappa shape index (κ1) is 15.8. The molecule has 1 aromatic carbocycles. The summed E-state index contributed by atoms with van der Waals surface area (Å²) in [5.74, 6) is 1.63. The molecule has 0 radical (unpaired) electrons. The Morgan fingerprint density at radius 2 is 1.90 bits per heavy atom. The average Bonchev–Trinajstić information content (AvgIpc) is 2.89. The molecule has 1 heterocycles. The number of ether oxygens (including phenoxy) is 2. The Morgan fingerprint density at radius 1 is 1.24 bits per heavy atom. The van der Waals surface area contributed by atoms with Gasteiger partial charge in [-0.15, -0.1) is 11.3 Å². The van der Waals surface area contributed by atoms with E-state index < -0.39 is 0 Å². The van der Waals surface area contributed by atoms with E-state index in [1.165, 1.54) is 4.88 Å². The van der Waals surface area contributed by atoms with E-state index in [1.54, 1.807) is 18.4 Å². The van der Waals surface area contributed by atoms with Crippen LogP contribution in [0.15, 0.2) is 24.3 Å². The van der Waals surface area contributed by atoms with E-state index in [-0.39, 0.29) is 6.04 Å². The second-order valence-electron chi connectivity index (χ2n) is 4.92. The predicted molar refractivity (Wildman–Crippen MR) is 86.0 cm³/mol. The molecule has 1 unspecified atom stereocenters. The van der Waals surface area contributed by atoms with E-state index in [2.05, 4.69) is 11.9 Å². The third kappa shape index (κ3) is 4.19. The number of nitrogens with zero attached hydrogens (tertiary/aromatic N) is 1. The second-order valence-corrected chi connectivity index (χ2v) is 6.04. The summed E-state index contributed by atoms with van der Waals surface area (Å²) in [5.41, 5.74) is 7.13. The minimum Gasteiger partial charge on any atom is -0.497 e. The zero-order valence-corrected chi connectivity index (χ0v) is 13.6. The van der Waals surface area contributed by atoms with Crippen LogP contribution in [-0.4, -0.2) is 12.1 Å². The van der Waals surface area contributed by atoms with Gasteiger partial charge in [-0.3, -0.25) is 0 Å². The summed E-state index contributed by atoms with van der Waals surface area (Å²) in [6, 6.07) is 7.58. The van der Waals surface area contributed by atoms with Crippen molar-refractivity contribution in [1.29, 1.82) is 0 Å². The van der Waals surface area contributed by atoms with Crippen molar-refractivity contribution >= 4 is 11.3 Å². The van der Waals surface area contributed by atoms with Gasteiger partial charge in [0.2, 0.25) is 0 Å². The molecule has 5 heteroatoms. The molecule has 0 bridgehead atoms. The molecule has 0 spiro atoms. The number of methoxy groups -OCH3 is 1. The highest BCUT2D eigenvalue weighted by atomic mass is 32.1. The van der Waals surface area contributed by atoms with Gasteiger partial charge in [0.05, 0.1) is 12.8 Å². The molecule has 0 amide bonds. The molecule has 0 saturated heterocycles. The molecule has 0 fully saturated rings. The first-order valence-corrected chi connectivity index (χ1v) is 7.96. The molecule has 0 saturated carbocycles. The van der Waals surface area contributed by atoms with Crippen LogP contribution in [0.25, 0.3) is 0 Å². The summed E-state index contributed by atoms with van der Waals surface area (Å²) in [6.45, 7) is 4.62. The topological polar surface area (TPSA) is 57.4 Å². The smallest absolute Gasteiger partial charge is 0.140 e. The van der Waals surface area contributed by atoms with Crippen molar-refractivity contribution in [3.63, 3.8) is 0 Å². The fraction of sp³-hybridized carbons (Fsp3) is 0.438. The highest BCUT2D eigenvalue weighted by molar-refractivity contribution is 7.11. The van der Waals surface area contributed by atoms with Crippen LogP contribution in [-0.2, 0) is 13.0 Å². The Balaban J connectivity index is 2.03. The Labute approximate surface area is 129 Å². The summed E-state index contributed by atoms with van der Waals surface area (Å²) in [5, 5.41) is 0.974. The number of aryl methyl sites for hydroxylation is 1. The van der Waals surface area contributed by atoms with E-state index >= 15 is 0 Å². The lowest BCUT2D eigenvalue weighted by Crippen LogP contribution is -2.05. The Kier molecular flexibility index (Phi) is 5.59. The van der Waals surface area contributed by atoms with Crippen molar-refractivity contribution in [2.75, 3.05) is 7.11 Å². The van der Waals surface area contributed by atoms with Crippen molar-refractivity contribution in [2.45, 2.75) is 39.3 Å². The van der Waals surface area contributed by atoms with Gasteiger partial charge in [0.25, 0.3) is 0 Å². The quantitative estimate of drug-likeness (QED) is 0.847. The third-order valence-corrected chi connectivity index (χ3v) is 4.37. The predicted octanol–water partition coefficient (Wildman–Crippen LogP) is 3.70. The molecule has 2 aromatic rings. The fourth-order valence-corrected chi connectivity index (χ4v) is 3.04. The Bertz CT molecular complexity index is 564. The van der Waals surface area contributed by atoms with Gasteiger partial charge in [0.15, 0.2) is 0 Å². The first-order valence-electron chi connectivity index (χ1n) is 7.15. The van der Waals surface area contributed by atoms with Crippen LogP contribution in [0.1, 0.15) is 41.9 Å². The number of benzene rings is 1. The van der Waals surface area contributed by atoms with Crippen LogP contribution >= 0.6 is 11.3 Å². The Morgan fingerprint density at radius 3 is 2.48 bits per heavy atom. The lowest BCUT2D eigenvalue weighted by Gasteiger charge is -2.05. The van der Waals surface area contributed by atoms with E-state index in [1.807, 2.05) is 31.2 Å². The van der Waals surface area contributed by atoms with Crippen LogP contribution in [0, 0.1) is 0 Å². The lowest BCUT2D eigenvalue weighted by molar-refractivity contribution is 0.304. The average molecular weight is 306 g/mol. The van der Waals surface area contributed by atoms with Crippen LogP contribution in [0.2, 0.25) is 0 Å². The summed E-state index contributed by atoms with van der Waals surface area (Å²) in [4.78, 5) is 5.83.